The van der Waals surface area contributed by atoms with Crippen LogP contribution in [0, 0.1) is 11.6 Å². The summed E-state index contributed by atoms with van der Waals surface area (Å²) in [6, 6.07) is 6.91. The van der Waals surface area contributed by atoms with Gasteiger partial charge in [0.05, 0.1) is 16.9 Å². The average Bonchev–Trinajstić information content (AvgIpc) is 3.25. The molecule has 4 rings (SSSR count). The Bertz CT molecular complexity index is 1200. The van der Waals surface area contributed by atoms with E-state index in [-0.39, 0.29) is 27.2 Å². The van der Waals surface area contributed by atoms with Gasteiger partial charge >= 0.3 is 0 Å². The first kappa shape index (κ1) is 16.2. The minimum atomic E-state index is -4.05. The third-order valence-electron chi connectivity index (χ3n) is 3.77. The topological polar surface area (TPSA) is 104 Å². The van der Waals surface area contributed by atoms with E-state index in [0.29, 0.717) is 5.69 Å². The number of rotatable bonds is 4. The Morgan fingerprint density at radius 3 is 2.65 bits per heavy atom. The molecule has 0 atom stereocenters. The quantitative estimate of drug-likeness (QED) is 0.510. The van der Waals surface area contributed by atoms with Crippen LogP contribution in [0.4, 0.5) is 14.5 Å². The van der Waals surface area contributed by atoms with Gasteiger partial charge in [-0.2, -0.15) is 5.10 Å². The van der Waals surface area contributed by atoms with E-state index in [9.17, 15) is 17.2 Å². The number of hydrogen-bond donors (Lipinski definition) is 3. The summed E-state index contributed by atoms with van der Waals surface area (Å²) in [5.41, 5.74) is 0.877. The van der Waals surface area contributed by atoms with Crippen molar-refractivity contribution in [3.63, 3.8) is 0 Å². The monoisotopic (exact) mass is 375 g/mol. The number of anilines is 1. The number of halogens is 2. The van der Waals surface area contributed by atoms with Gasteiger partial charge in [0.1, 0.15) is 10.6 Å². The minimum absolute atomic E-state index is 0.0899. The molecule has 0 saturated heterocycles. The Morgan fingerprint density at radius 2 is 1.88 bits per heavy atom. The molecule has 4 aromatic rings. The van der Waals surface area contributed by atoms with E-state index in [2.05, 4.69) is 24.9 Å². The summed E-state index contributed by atoms with van der Waals surface area (Å²) in [5.74, 6) is -2.10. The number of H-pyrrole nitrogens is 2. The number of aromatic nitrogens is 4. The molecule has 0 bridgehead atoms. The van der Waals surface area contributed by atoms with Crippen molar-refractivity contribution in [3.8, 4) is 11.4 Å². The fourth-order valence-electron chi connectivity index (χ4n) is 2.57. The lowest BCUT2D eigenvalue weighted by atomic mass is 10.2. The molecule has 0 aliphatic heterocycles. The highest BCUT2D eigenvalue weighted by atomic mass is 32.2. The van der Waals surface area contributed by atoms with Crippen molar-refractivity contribution < 1.29 is 17.2 Å². The van der Waals surface area contributed by atoms with E-state index in [4.69, 9.17) is 0 Å². The maximum absolute atomic E-state index is 13.5. The van der Waals surface area contributed by atoms with Gasteiger partial charge in [-0.3, -0.25) is 14.8 Å². The Morgan fingerprint density at radius 1 is 1.08 bits per heavy atom. The van der Waals surface area contributed by atoms with E-state index in [1.54, 1.807) is 18.2 Å². The number of nitrogens with zero attached hydrogens (tertiary/aromatic N) is 2. The summed E-state index contributed by atoms with van der Waals surface area (Å²) in [7, 11) is -4.05. The third-order valence-corrected chi connectivity index (χ3v) is 5.15. The Hall–Kier alpha value is -3.27. The highest BCUT2D eigenvalue weighted by molar-refractivity contribution is 7.92. The van der Waals surface area contributed by atoms with Crippen molar-refractivity contribution in [1.82, 2.24) is 20.2 Å². The van der Waals surface area contributed by atoms with Crippen molar-refractivity contribution in [2.24, 2.45) is 0 Å². The highest BCUT2D eigenvalue weighted by Crippen LogP contribution is 2.29. The predicted octanol–water partition coefficient (Wildman–Crippen LogP) is 3.03. The zero-order valence-electron chi connectivity index (χ0n) is 13.0. The largest absolute Gasteiger partial charge is 0.359 e. The van der Waals surface area contributed by atoms with Crippen LogP contribution in [-0.2, 0) is 10.0 Å². The molecule has 0 unspecified atom stereocenters. The van der Waals surface area contributed by atoms with Crippen LogP contribution in [0.2, 0.25) is 0 Å². The first-order chi connectivity index (χ1) is 12.5. The second kappa shape index (κ2) is 5.92. The van der Waals surface area contributed by atoms with Gasteiger partial charge in [-0.15, -0.1) is 0 Å². The number of nitrogens with one attached hydrogen (secondary N) is 3. The summed E-state index contributed by atoms with van der Waals surface area (Å²) >= 11 is 0. The number of hydrogen-bond acceptors (Lipinski definition) is 4. The molecule has 26 heavy (non-hydrogen) atoms. The fraction of sp³-hybridized carbons (Fsp3) is 0. The summed E-state index contributed by atoms with van der Waals surface area (Å²) < 4.78 is 54.7. The maximum Gasteiger partial charge on any atom is 0.265 e. The molecule has 1 aromatic carbocycles. The first-order valence-corrected chi connectivity index (χ1v) is 8.88. The van der Waals surface area contributed by atoms with Crippen molar-refractivity contribution >= 4 is 26.6 Å². The lowest BCUT2D eigenvalue weighted by Crippen LogP contribution is -2.13. The van der Waals surface area contributed by atoms with Crippen molar-refractivity contribution in [2.45, 2.75) is 4.90 Å². The molecule has 0 aliphatic rings. The summed E-state index contributed by atoms with van der Waals surface area (Å²) in [6.07, 6.45) is 4.06. The standard InChI is InChI=1S/C16H11F2N5O2S/c17-10-5-9-13(6-11(10)18)20-7-14(9)23-26(24,25)15-8-21-22-16(15)12-3-1-2-4-19-12/h1-8,20,23H,(H,21,22). The zero-order valence-corrected chi connectivity index (χ0v) is 13.8. The first-order valence-electron chi connectivity index (χ1n) is 7.40. The molecule has 3 heterocycles. The third kappa shape index (κ3) is 2.69. The predicted molar refractivity (Wildman–Crippen MR) is 90.8 cm³/mol. The molecule has 0 amide bonds. The molecule has 3 N–H and O–H groups in total. The van der Waals surface area contributed by atoms with Crippen LogP contribution in [0.25, 0.3) is 22.3 Å². The van der Waals surface area contributed by atoms with Crippen LogP contribution in [0.15, 0.2) is 53.8 Å². The normalized spacial score (nSPS) is 11.8. The number of pyridine rings is 1. The van der Waals surface area contributed by atoms with Gasteiger partial charge in [0.2, 0.25) is 0 Å². The number of sulfonamides is 1. The molecule has 0 spiro atoms. The smallest absolute Gasteiger partial charge is 0.265 e. The fourth-order valence-corrected chi connectivity index (χ4v) is 3.75. The molecule has 0 fully saturated rings. The summed E-state index contributed by atoms with van der Waals surface area (Å²) in [4.78, 5) is 6.68. The Balaban J connectivity index is 1.76. The Kier molecular flexibility index (Phi) is 3.69. The summed E-state index contributed by atoms with van der Waals surface area (Å²) in [6.45, 7) is 0. The molecular formula is C16H11F2N5O2S. The van der Waals surface area contributed by atoms with Gasteiger partial charge in [0.25, 0.3) is 10.0 Å². The zero-order chi connectivity index (χ0) is 18.3. The van der Waals surface area contributed by atoms with Crippen LogP contribution >= 0.6 is 0 Å². The van der Waals surface area contributed by atoms with Gasteiger partial charge in [0, 0.05) is 30.0 Å². The van der Waals surface area contributed by atoms with Gasteiger partial charge < -0.3 is 4.98 Å². The van der Waals surface area contributed by atoms with Crippen molar-refractivity contribution in [3.05, 3.63) is 60.6 Å². The van der Waals surface area contributed by atoms with Crippen LogP contribution in [0.3, 0.4) is 0 Å². The highest BCUT2D eigenvalue weighted by Gasteiger charge is 2.24. The summed E-state index contributed by atoms with van der Waals surface area (Å²) in [5, 5.41) is 6.66. The number of fused-ring (bicyclic) bond motifs is 1. The van der Waals surface area contributed by atoms with Gasteiger partial charge in [-0.1, -0.05) is 6.07 Å². The van der Waals surface area contributed by atoms with E-state index in [0.717, 1.165) is 12.1 Å². The number of aromatic amines is 2. The molecule has 0 aliphatic carbocycles. The van der Waals surface area contributed by atoms with E-state index >= 15 is 0 Å². The Labute approximate surface area is 146 Å². The molecule has 0 radical (unpaired) electrons. The lowest BCUT2D eigenvalue weighted by molar-refractivity contribution is 0.511. The lowest BCUT2D eigenvalue weighted by Gasteiger charge is -2.07. The number of benzene rings is 1. The molecule has 7 nitrogen and oxygen atoms in total. The average molecular weight is 375 g/mol. The van der Waals surface area contributed by atoms with E-state index < -0.39 is 21.7 Å². The van der Waals surface area contributed by atoms with E-state index in [1.165, 1.54) is 18.6 Å². The second-order valence-corrected chi connectivity index (χ2v) is 7.08. The van der Waals surface area contributed by atoms with Crippen LogP contribution in [-0.4, -0.2) is 28.6 Å². The molecule has 10 heteroatoms. The molecule has 3 aromatic heterocycles. The second-order valence-electron chi connectivity index (χ2n) is 5.43. The van der Waals surface area contributed by atoms with Crippen molar-refractivity contribution in [1.29, 1.82) is 0 Å². The van der Waals surface area contributed by atoms with Gasteiger partial charge in [-0.05, 0) is 18.2 Å². The maximum atomic E-state index is 13.5. The van der Waals surface area contributed by atoms with E-state index in [1.807, 2.05) is 0 Å². The van der Waals surface area contributed by atoms with Crippen LogP contribution in [0.5, 0.6) is 0 Å². The molecular weight excluding hydrogens is 364 g/mol. The minimum Gasteiger partial charge on any atom is -0.359 e. The molecule has 0 saturated carbocycles. The van der Waals surface area contributed by atoms with Crippen LogP contribution < -0.4 is 4.72 Å². The van der Waals surface area contributed by atoms with Crippen LogP contribution in [0.1, 0.15) is 0 Å². The van der Waals surface area contributed by atoms with Crippen molar-refractivity contribution in [2.75, 3.05) is 4.72 Å². The SMILES string of the molecule is O=S(=O)(Nc1c[nH]c2cc(F)c(F)cc12)c1c[nH]nc1-c1ccccn1. The van der Waals surface area contributed by atoms with Gasteiger partial charge in [-0.25, -0.2) is 17.2 Å². The van der Waals surface area contributed by atoms with Gasteiger partial charge in [0.15, 0.2) is 11.6 Å². The molecule has 132 valence electrons.